The summed E-state index contributed by atoms with van der Waals surface area (Å²) in [5.74, 6) is -1.96. The van der Waals surface area contributed by atoms with Crippen molar-refractivity contribution in [2.45, 2.75) is 476 Å². The van der Waals surface area contributed by atoms with Gasteiger partial charge in [-0.15, -0.1) is 0 Å². The maximum atomic E-state index is 13.0. The molecular weight excluding hydrogens is 1150 g/mol. The van der Waals surface area contributed by atoms with Crippen molar-refractivity contribution in [3.63, 3.8) is 0 Å². The van der Waals surface area contributed by atoms with Crippen molar-refractivity contribution in [1.82, 2.24) is 0 Å². The average Bonchev–Trinajstić information content (AvgIpc) is 3.74. The molecule has 0 fully saturated rings. The monoisotopic (exact) mass is 1320 g/mol. The van der Waals surface area contributed by atoms with E-state index < -0.39 is 18.4 Å². The van der Waals surface area contributed by atoms with E-state index in [1.807, 2.05) is 21.1 Å². The van der Waals surface area contributed by atoms with E-state index in [1.54, 1.807) is 0 Å². The van der Waals surface area contributed by atoms with Crippen LogP contribution in [0.5, 0.6) is 0 Å². The minimum absolute atomic E-state index is 0.171. The molecule has 0 aromatic heterocycles. The molecule has 0 saturated heterocycles. The third-order valence-electron chi connectivity index (χ3n) is 19.9. The van der Waals surface area contributed by atoms with Gasteiger partial charge in [0.2, 0.25) is 0 Å². The zero-order valence-corrected chi connectivity index (χ0v) is 63.7. The summed E-state index contributed by atoms with van der Waals surface area (Å²) in [6, 6.07) is 0. The second kappa shape index (κ2) is 76.1. The zero-order valence-electron chi connectivity index (χ0n) is 63.7. The summed E-state index contributed by atoms with van der Waals surface area (Å²) in [5.41, 5.74) is 0. The fourth-order valence-electron chi connectivity index (χ4n) is 13.4. The summed E-state index contributed by atoms with van der Waals surface area (Å²) in [7, 11) is 6.01. The fraction of sp³-hybridized carbons (Fsp3) is 0.964. The molecule has 0 aliphatic rings. The Morgan fingerprint density at radius 1 is 0.280 bits per heavy atom. The SMILES string of the molecule is CCCCCCCCCCCCCCCCCCCCCCCCCCCCCCCCCCCCCC(=O)OC(COC(=O)CCCCCCCCCCCCCCCCCCCCCCCCCCCCCCCCCCC)COC(OCC[N+](C)(C)C)C(=O)O. The van der Waals surface area contributed by atoms with Crippen LogP contribution in [-0.4, -0.2) is 87.4 Å². The Morgan fingerprint density at radius 2 is 0.484 bits per heavy atom. The van der Waals surface area contributed by atoms with E-state index in [-0.39, 0.29) is 38.2 Å². The first-order valence-electron chi connectivity index (χ1n) is 42.2. The van der Waals surface area contributed by atoms with Crippen LogP contribution in [-0.2, 0) is 33.3 Å². The Kier molecular flexibility index (Phi) is 74.7. The number of carboxylic acid groups (broad SMARTS) is 1. The van der Waals surface area contributed by atoms with E-state index in [2.05, 4.69) is 13.8 Å². The lowest BCUT2D eigenvalue weighted by molar-refractivity contribution is -0.870. The number of nitrogens with zero attached hydrogens (tertiary/aromatic N) is 1. The van der Waals surface area contributed by atoms with E-state index in [1.165, 1.54) is 398 Å². The molecule has 554 valence electrons. The van der Waals surface area contributed by atoms with Crippen molar-refractivity contribution >= 4 is 17.9 Å². The first-order valence-corrected chi connectivity index (χ1v) is 42.2. The van der Waals surface area contributed by atoms with E-state index in [0.717, 1.165) is 38.5 Å². The topological polar surface area (TPSA) is 108 Å². The molecule has 0 aromatic rings. The third-order valence-corrected chi connectivity index (χ3v) is 19.9. The maximum absolute atomic E-state index is 13.0. The smallest absolute Gasteiger partial charge is 0.361 e. The molecule has 9 heteroatoms. The summed E-state index contributed by atoms with van der Waals surface area (Å²) in [6.45, 7) is 4.99. The minimum atomic E-state index is -1.51. The predicted octanol–water partition coefficient (Wildman–Crippen LogP) is 26.9. The molecule has 0 aliphatic carbocycles. The van der Waals surface area contributed by atoms with E-state index in [0.29, 0.717) is 17.4 Å². The van der Waals surface area contributed by atoms with Gasteiger partial charge in [0, 0.05) is 12.8 Å². The van der Waals surface area contributed by atoms with Crippen LogP contribution in [0.4, 0.5) is 0 Å². The van der Waals surface area contributed by atoms with Crippen molar-refractivity contribution in [3.05, 3.63) is 0 Å². The summed E-state index contributed by atoms with van der Waals surface area (Å²) in [4.78, 5) is 37.8. The van der Waals surface area contributed by atoms with Crippen LogP contribution in [0, 0.1) is 0 Å². The van der Waals surface area contributed by atoms with Gasteiger partial charge >= 0.3 is 17.9 Å². The van der Waals surface area contributed by atoms with Crippen LogP contribution < -0.4 is 0 Å². The summed E-state index contributed by atoms with van der Waals surface area (Å²) in [5, 5.41) is 9.78. The van der Waals surface area contributed by atoms with E-state index in [9.17, 15) is 19.5 Å². The first-order chi connectivity index (χ1) is 45.6. The number of esters is 2. The minimum Gasteiger partial charge on any atom is -0.477 e. The number of ether oxygens (including phenoxy) is 4. The Hall–Kier alpha value is -1.71. The number of hydrogen-bond donors (Lipinski definition) is 1. The number of likely N-dealkylation sites (N-methyl/N-ethyl adjacent to an activating group) is 1. The zero-order chi connectivity index (χ0) is 67.5. The number of unbranched alkanes of at least 4 members (excludes halogenated alkanes) is 66. The maximum Gasteiger partial charge on any atom is 0.361 e. The average molecular weight is 1320 g/mol. The molecule has 0 aliphatic heterocycles. The number of aliphatic carboxylic acids is 1. The van der Waals surface area contributed by atoms with Crippen LogP contribution in [0.3, 0.4) is 0 Å². The first kappa shape index (κ1) is 91.3. The highest BCUT2D eigenvalue weighted by Gasteiger charge is 2.25. The molecule has 93 heavy (non-hydrogen) atoms. The molecule has 9 nitrogen and oxygen atoms in total. The summed E-state index contributed by atoms with van der Waals surface area (Å²) in [6.07, 6.45) is 91.5. The molecule has 0 saturated carbocycles. The number of carbonyl (C=O) groups is 3. The van der Waals surface area contributed by atoms with Gasteiger partial charge in [0.05, 0.1) is 34.4 Å². The quantitative estimate of drug-likeness (QED) is 0.0278. The van der Waals surface area contributed by atoms with Gasteiger partial charge < -0.3 is 28.5 Å². The third kappa shape index (κ3) is 77.5. The number of rotatable bonds is 81. The van der Waals surface area contributed by atoms with Crippen molar-refractivity contribution in [3.8, 4) is 0 Å². The second-order valence-corrected chi connectivity index (χ2v) is 30.5. The largest absolute Gasteiger partial charge is 0.477 e. The molecule has 0 heterocycles. The van der Waals surface area contributed by atoms with Crippen LogP contribution in [0.2, 0.25) is 0 Å². The van der Waals surface area contributed by atoms with E-state index in [4.69, 9.17) is 18.9 Å². The van der Waals surface area contributed by atoms with Gasteiger partial charge in [-0.05, 0) is 12.8 Å². The molecule has 0 amide bonds. The molecule has 0 rings (SSSR count). The van der Waals surface area contributed by atoms with Crippen LogP contribution in [0.25, 0.3) is 0 Å². The molecule has 1 N–H and O–H groups in total. The van der Waals surface area contributed by atoms with Crippen LogP contribution >= 0.6 is 0 Å². The Labute approximate surface area is 581 Å². The van der Waals surface area contributed by atoms with Crippen molar-refractivity contribution in [1.29, 1.82) is 0 Å². The van der Waals surface area contributed by atoms with Crippen molar-refractivity contribution in [2.75, 3.05) is 47.5 Å². The predicted molar refractivity (Wildman–Crippen MR) is 402 cm³/mol. The highest BCUT2D eigenvalue weighted by molar-refractivity contribution is 5.71. The van der Waals surface area contributed by atoms with Gasteiger partial charge in [-0.3, -0.25) is 9.59 Å². The fourth-order valence-corrected chi connectivity index (χ4v) is 13.4. The number of quaternary nitrogens is 1. The van der Waals surface area contributed by atoms with Crippen molar-refractivity contribution < 1.29 is 42.9 Å². The number of carboxylic acids is 1. The molecule has 0 aromatic carbocycles. The lowest BCUT2D eigenvalue weighted by atomic mass is 10.0. The van der Waals surface area contributed by atoms with Crippen molar-refractivity contribution in [2.24, 2.45) is 0 Å². The highest BCUT2D eigenvalue weighted by atomic mass is 16.7. The normalized spacial score (nSPS) is 12.5. The molecule has 0 radical (unpaired) electrons. The standard InChI is InChI=1S/C84H165NO8/c1-6-8-10-12-14-16-18-20-22-24-26-28-30-32-34-36-38-40-41-43-45-47-49-51-53-55-57-59-61-63-65-67-69-71-73-75-82(87)93-80(79-92-84(83(88)89)90-77-76-85(3,4)5)78-91-81(86)74-72-70-68-66-64-62-60-58-56-54-52-50-48-46-44-42-39-37-35-33-31-29-27-25-23-21-19-17-15-13-11-9-7-2/h80,84H,6-79H2,1-5H3/p+1. The van der Waals surface area contributed by atoms with Crippen LogP contribution in [0.1, 0.15) is 463 Å². The lowest BCUT2D eigenvalue weighted by Gasteiger charge is -2.25. The molecule has 2 unspecified atom stereocenters. The number of carbonyl (C=O) groups excluding carboxylic acids is 2. The molecule has 0 spiro atoms. The molecule has 2 atom stereocenters. The Balaban J connectivity index is 3.92. The lowest BCUT2D eigenvalue weighted by Crippen LogP contribution is -2.40. The van der Waals surface area contributed by atoms with Gasteiger partial charge in [0.15, 0.2) is 6.10 Å². The molecular formula is C84H166NO8+. The Morgan fingerprint density at radius 3 is 0.688 bits per heavy atom. The summed E-state index contributed by atoms with van der Waals surface area (Å²) >= 11 is 0. The molecule has 0 bridgehead atoms. The van der Waals surface area contributed by atoms with E-state index >= 15 is 0 Å². The highest BCUT2D eigenvalue weighted by Crippen LogP contribution is 2.21. The summed E-state index contributed by atoms with van der Waals surface area (Å²) < 4.78 is 23.1. The van der Waals surface area contributed by atoms with Crippen LogP contribution in [0.15, 0.2) is 0 Å². The van der Waals surface area contributed by atoms with Gasteiger partial charge in [-0.1, -0.05) is 438 Å². The Bertz CT molecular complexity index is 1480. The second-order valence-electron chi connectivity index (χ2n) is 30.5. The van der Waals surface area contributed by atoms with Gasteiger partial charge in [0.25, 0.3) is 6.29 Å². The van der Waals surface area contributed by atoms with Gasteiger partial charge in [-0.2, -0.15) is 0 Å². The van der Waals surface area contributed by atoms with Gasteiger partial charge in [-0.25, -0.2) is 4.79 Å². The number of hydrogen-bond acceptors (Lipinski definition) is 7. The van der Waals surface area contributed by atoms with Gasteiger partial charge in [0.1, 0.15) is 13.2 Å².